The Bertz CT molecular complexity index is 439. The van der Waals surface area contributed by atoms with Gasteiger partial charge in [-0.3, -0.25) is 4.79 Å². The zero-order chi connectivity index (χ0) is 13.7. The molecule has 0 heterocycles. The van der Waals surface area contributed by atoms with Crippen molar-refractivity contribution in [1.29, 1.82) is 0 Å². The minimum Gasteiger partial charge on any atom is -0.469 e. The summed E-state index contributed by atoms with van der Waals surface area (Å²) in [6.45, 7) is -2.90. The van der Waals surface area contributed by atoms with Crippen molar-refractivity contribution in [3.63, 3.8) is 0 Å². The lowest BCUT2D eigenvalue weighted by atomic mass is 10.1. The lowest BCUT2D eigenvalue weighted by molar-refractivity contribution is -0.139. The van der Waals surface area contributed by atoms with Crippen molar-refractivity contribution in [3.8, 4) is 5.75 Å². The van der Waals surface area contributed by atoms with Gasteiger partial charge in [0.25, 0.3) is 0 Å². The first kappa shape index (κ1) is 15.4. The van der Waals surface area contributed by atoms with E-state index in [-0.39, 0.29) is 12.2 Å². The highest BCUT2D eigenvalue weighted by Crippen LogP contribution is 2.30. The molecule has 0 saturated heterocycles. The number of carbonyl (C=O) groups excluding carboxylic acids is 1. The molecular weight excluding hydrogens is 378 g/mol. The van der Waals surface area contributed by atoms with E-state index in [0.29, 0.717) is 20.9 Å². The molecule has 0 amide bonds. The molecule has 0 aromatic heterocycles. The van der Waals surface area contributed by atoms with Crippen LogP contribution < -0.4 is 4.74 Å². The Kier molecular flexibility index (Phi) is 6.01. The number of carbonyl (C=O) groups is 1. The topological polar surface area (TPSA) is 35.5 Å². The maximum Gasteiger partial charge on any atom is 0.387 e. The second-order valence-corrected chi connectivity index (χ2v) is 4.67. The Balaban J connectivity index is 3.10. The van der Waals surface area contributed by atoms with Crippen LogP contribution in [0.5, 0.6) is 5.75 Å². The van der Waals surface area contributed by atoms with Crippen LogP contribution in [-0.2, 0) is 21.3 Å². The predicted molar refractivity (Wildman–Crippen MR) is 69.1 cm³/mol. The number of methoxy groups -OCH3 is 1. The lowest BCUT2D eigenvalue weighted by Gasteiger charge is -2.12. The molecular formula is C11H10Br2F2O3. The normalized spacial score (nSPS) is 10.6. The van der Waals surface area contributed by atoms with E-state index in [1.165, 1.54) is 19.2 Å². The van der Waals surface area contributed by atoms with E-state index in [9.17, 15) is 13.6 Å². The SMILES string of the molecule is COC(=O)Cc1cc(OC(F)F)cc(CBr)c1Br. The molecule has 0 aliphatic heterocycles. The van der Waals surface area contributed by atoms with E-state index >= 15 is 0 Å². The van der Waals surface area contributed by atoms with Crippen LogP contribution in [0.15, 0.2) is 16.6 Å². The molecule has 0 radical (unpaired) electrons. The van der Waals surface area contributed by atoms with Gasteiger partial charge in [-0.2, -0.15) is 8.78 Å². The fourth-order valence-corrected chi connectivity index (χ4v) is 2.67. The van der Waals surface area contributed by atoms with Crippen molar-refractivity contribution in [2.45, 2.75) is 18.4 Å². The van der Waals surface area contributed by atoms with Gasteiger partial charge < -0.3 is 9.47 Å². The van der Waals surface area contributed by atoms with E-state index in [4.69, 9.17) is 0 Å². The predicted octanol–water partition coefficient (Wildman–Crippen LogP) is 3.66. The number of rotatable bonds is 5. The molecule has 7 heteroatoms. The Morgan fingerprint density at radius 3 is 2.50 bits per heavy atom. The van der Waals surface area contributed by atoms with Crippen LogP contribution in [0, 0.1) is 0 Å². The maximum atomic E-state index is 12.2. The van der Waals surface area contributed by atoms with E-state index < -0.39 is 12.6 Å². The maximum absolute atomic E-state index is 12.2. The van der Waals surface area contributed by atoms with Crippen LogP contribution in [-0.4, -0.2) is 19.7 Å². The number of hydrogen-bond acceptors (Lipinski definition) is 3. The zero-order valence-corrected chi connectivity index (χ0v) is 12.6. The summed E-state index contributed by atoms with van der Waals surface area (Å²) in [5.41, 5.74) is 1.25. The highest BCUT2D eigenvalue weighted by molar-refractivity contribution is 9.10. The lowest BCUT2D eigenvalue weighted by Crippen LogP contribution is -2.08. The van der Waals surface area contributed by atoms with Gasteiger partial charge in [0, 0.05) is 9.80 Å². The molecule has 1 aromatic carbocycles. The zero-order valence-electron chi connectivity index (χ0n) is 9.38. The van der Waals surface area contributed by atoms with Gasteiger partial charge in [0.15, 0.2) is 0 Å². The molecule has 0 unspecified atom stereocenters. The number of halogens is 4. The molecule has 0 aliphatic rings. The Hall–Kier alpha value is -0.690. The molecule has 100 valence electrons. The molecule has 1 aromatic rings. The standard InChI is InChI=1S/C11H10Br2F2O3/c1-17-9(16)4-6-2-8(18-11(14)15)3-7(5-12)10(6)13/h2-3,11H,4-5H2,1H3. The third kappa shape index (κ3) is 4.20. The van der Waals surface area contributed by atoms with Crippen molar-refractivity contribution in [2.24, 2.45) is 0 Å². The van der Waals surface area contributed by atoms with E-state index in [1.54, 1.807) is 0 Å². The third-order valence-electron chi connectivity index (χ3n) is 2.13. The summed E-state index contributed by atoms with van der Waals surface area (Å²) in [4.78, 5) is 11.2. The highest BCUT2D eigenvalue weighted by Gasteiger charge is 2.14. The van der Waals surface area contributed by atoms with Crippen LogP contribution in [0.25, 0.3) is 0 Å². The molecule has 0 atom stereocenters. The molecule has 0 fully saturated rings. The molecule has 0 N–H and O–H groups in total. The number of ether oxygens (including phenoxy) is 2. The van der Waals surface area contributed by atoms with Crippen LogP contribution in [0.3, 0.4) is 0 Å². The third-order valence-corrected chi connectivity index (χ3v) is 3.75. The van der Waals surface area contributed by atoms with Gasteiger partial charge in [0.2, 0.25) is 0 Å². The Labute approximate surface area is 120 Å². The minimum absolute atomic E-state index is 0.0153. The fraction of sp³-hybridized carbons (Fsp3) is 0.364. The number of benzene rings is 1. The first-order valence-corrected chi connectivity index (χ1v) is 6.78. The van der Waals surface area contributed by atoms with Crippen LogP contribution in [0.4, 0.5) is 8.78 Å². The van der Waals surface area contributed by atoms with Crippen LogP contribution in [0.1, 0.15) is 11.1 Å². The molecule has 0 saturated carbocycles. The largest absolute Gasteiger partial charge is 0.469 e. The molecule has 0 aliphatic carbocycles. The summed E-state index contributed by atoms with van der Waals surface area (Å²) >= 11 is 6.56. The van der Waals surface area contributed by atoms with E-state index in [2.05, 4.69) is 41.3 Å². The summed E-state index contributed by atoms with van der Waals surface area (Å²) in [7, 11) is 1.27. The van der Waals surface area contributed by atoms with Crippen molar-refractivity contribution in [1.82, 2.24) is 0 Å². The second kappa shape index (κ2) is 7.04. The summed E-state index contributed by atoms with van der Waals surface area (Å²) in [5, 5.41) is 0.447. The van der Waals surface area contributed by atoms with E-state index in [0.717, 1.165) is 0 Å². The molecule has 0 spiro atoms. The minimum atomic E-state index is -2.90. The van der Waals surface area contributed by atoms with Gasteiger partial charge in [-0.1, -0.05) is 31.9 Å². The van der Waals surface area contributed by atoms with Crippen molar-refractivity contribution in [2.75, 3.05) is 7.11 Å². The highest BCUT2D eigenvalue weighted by atomic mass is 79.9. The van der Waals surface area contributed by atoms with Gasteiger partial charge in [-0.05, 0) is 23.3 Å². The fourth-order valence-electron chi connectivity index (χ4n) is 1.34. The molecule has 0 bridgehead atoms. The van der Waals surface area contributed by atoms with Gasteiger partial charge in [-0.25, -0.2) is 0 Å². The first-order valence-electron chi connectivity index (χ1n) is 4.86. The summed E-state index contributed by atoms with van der Waals surface area (Å²) in [5.74, 6) is -0.438. The quantitative estimate of drug-likeness (QED) is 0.571. The monoisotopic (exact) mass is 386 g/mol. The number of esters is 1. The van der Waals surface area contributed by atoms with Gasteiger partial charge in [0.1, 0.15) is 5.75 Å². The van der Waals surface area contributed by atoms with Gasteiger partial charge in [0.05, 0.1) is 13.5 Å². The first-order chi connectivity index (χ1) is 8.47. The summed E-state index contributed by atoms with van der Waals surface area (Å²) in [6, 6.07) is 2.87. The van der Waals surface area contributed by atoms with Crippen molar-refractivity contribution >= 4 is 37.8 Å². The van der Waals surface area contributed by atoms with Crippen LogP contribution >= 0.6 is 31.9 Å². The average Bonchev–Trinajstić information content (AvgIpc) is 2.32. The summed E-state index contributed by atoms with van der Waals surface area (Å²) in [6.07, 6.45) is -0.0163. The number of alkyl halides is 3. The van der Waals surface area contributed by atoms with Gasteiger partial charge >= 0.3 is 12.6 Å². The molecule has 3 nitrogen and oxygen atoms in total. The van der Waals surface area contributed by atoms with Crippen molar-refractivity contribution in [3.05, 3.63) is 27.7 Å². The molecule has 1 rings (SSSR count). The van der Waals surface area contributed by atoms with Crippen LogP contribution in [0.2, 0.25) is 0 Å². The Morgan fingerprint density at radius 2 is 2.00 bits per heavy atom. The smallest absolute Gasteiger partial charge is 0.387 e. The van der Waals surface area contributed by atoms with E-state index in [1.807, 2.05) is 0 Å². The molecule has 18 heavy (non-hydrogen) atoms. The second-order valence-electron chi connectivity index (χ2n) is 3.32. The van der Waals surface area contributed by atoms with Crippen molar-refractivity contribution < 1.29 is 23.0 Å². The Morgan fingerprint density at radius 1 is 1.39 bits per heavy atom. The average molecular weight is 388 g/mol. The van der Waals surface area contributed by atoms with Gasteiger partial charge in [-0.15, -0.1) is 0 Å². The summed E-state index contributed by atoms with van der Waals surface area (Å²) < 4.78 is 33.9. The number of hydrogen-bond donors (Lipinski definition) is 0.